The fourth-order valence-corrected chi connectivity index (χ4v) is 2.45. The Bertz CT molecular complexity index is 509. The van der Waals surface area contributed by atoms with Crippen LogP contribution in [0.25, 0.3) is 10.2 Å². The fraction of sp³-hybridized carbons (Fsp3) is 0.200. The lowest BCUT2D eigenvalue weighted by Gasteiger charge is -1.92. The first-order valence-corrected chi connectivity index (χ1v) is 5.50. The number of carbonyl (C=O) groups is 1. The van der Waals surface area contributed by atoms with Crippen LogP contribution in [-0.2, 0) is 16.0 Å². The summed E-state index contributed by atoms with van der Waals surface area (Å²) in [5, 5.41) is 1.43. The first-order valence-electron chi connectivity index (χ1n) is 4.31. The third-order valence-electron chi connectivity index (χ3n) is 1.92. The van der Waals surface area contributed by atoms with Crippen LogP contribution in [0.1, 0.15) is 5.01 Å². The van der Waals surface area contributed by atoms with Crippen LogP contribution in [0, 0.1) is 0 Å². The minimum atomic E-state index is -0.278. The molecule has 0 aliphatic heterocycles. The van der Waals surface area contributed by atoms with E-state index in [9.17, 15) is 4.79 Å². The minimum Gasteiger partial charge on any atom is -0.469 e. The number of carbonyl (C=O) groups excluding carboxylic acids is 1. The Hall–Kier alpha value is -1.13. The largest absolute Gasteiger partial charge is 0.469 e. The highest BCUT2D eigenvalue weighted by atomic mass is 35.5. The van der Waals surface area contributed by atoms with Crippen LogP contribution in [0.4, 0.5) is 0 Å². The number of esters is 1. The van der Waals surface area contributed by atoms with Gasteiger partial charge in [-0.2, -0.15) is 0 Å². The molecule has 2 aromatic rings. The number of methoxy groups -OCH3 is 1. The van der Waals surface area contributed by atoms with E-state index < -0.39 is 0 Å². The maximum absolute atomic E-state index is 11.0. The lowest BCUT2D eigenvalue weighted by molar-refractivity contribution is -0.139. The Kier molecular flexibility index (Phi) is 2.88. The zero-order valence-corrected chi connectivity index (χ0v) is 9.56. The molecule has 1 heterocycles. The average Bonchev–Trinajstić information content (AvgIpc) is 2.59. The molecule has 0 unspecified atom stereocenters. The number of nitrogens with zero attached hydrogens (tertiary/aromatic N) is 1. The molecule has 1 aromatic carbocycles. The number of thiazole rings is 1. The summed E-state index contributed by atoms with van der Waals surface area (Å²) < 4.78 is 5.56. The molecule has 2 rings (SSSR count). The summed E-state index contributed by atoms with van der Waals surface area (Å²) in [4.78, 5) is 15.3. The summed E-state index contributed by atoms with van der Waals surface area (Å²) in [6.45, 7) is 0. The van der Waals surface area contributed by atoms with Crippen LogP contribution in [0.3, 0.4) is 0 Å². The van der Waals surface area contributed by atoms with Gasteiger partial charge in [0.1, 0.15) is 5.01 Å². The van der Waals surface area contributed by atoms with E-state index in [1.54, 1.807) is 6.07 Å². The molecule has 0 spiro atoms. The molecule has 0 radical (unpaired) electrons. The van der Waals surface area contributed by atoms with Crippen molar-refractivity contribution in [2.24, 2.45) is 0 Å². The smallest absolute Gasteiger partial charge is 0.312 e. The summed E-state index contributed by atoms with van der Waals surface area (Å²) in [6, 6.07) is 5.47. The fourth-order valence-electron chi connectivity index (χ4n) is 1.22. The van der Waals surface area contributed by atoms with Crippen molar-refractivity contribution in [1.82, 2.24) is 4.98 Å². The Labute approximate surface area is 95.6 Å². The first-order chi connectivity index (χ1) is 7.19. The third kappa shape index (κ3) is 2.27. The Morgan fingerprint density at radius 1 is 1.60 bits per heavy atom. The van der Waals surface area contributed by atoms with Crippen LogP contribution in [-0.4, -0.2) is 18.1 Å². The van der Waals surface area contributed by atoms with Crippen LogP contribution in [0.15, 0.2) is 18.2 Å². The molecule has 0 atom stereocenters. The molecule has 0 aliphatic carbocycles. The van der Waals surface area contributed by atoms with Gasteiger partial charge in [0.15, 0.2) is 0 Å². The maximum atomic E-state index is 11.0. The molecule has 0 aliphatic rings. The van der Waals surface area contributed by atoms with E-state index >= 15 is 0 Å². The molecule has 0 saturated carbocycles. The molecule has 15 heavy (non-hydrogen) atoms. The van der Waals surface area contributed by atoms with E-state index in [1.807, 2.05) is 12.1 Å². The number of halogens is 1. The molecule has 78 valence electrons. The van der Waals surface area contributed by atoms with Crippen molar-refractivity contribution in [2.45, 2.75) is 6.42 Å². The Balaban J connectivity index is 2.34. The molecule has 0 fully saturated rings. The maximum Gasteiger partial charge on any atom is 0.312 e. The summed E-state index contributed by atoms with van der Waals surface area (Å²) in [5.41, 5.74) is 0.864. The molecule has 5 heteroatoms. The minimum absolute atomic E-state index is 0.216. The van der Waals surface area contributed by atoms with E-state index in [2.05, 4.69) is 9.72 Å². The van der Waals surface area contributed by atoms with Crippen molar-refractivity contribution in [3.05, 3.63) is 28.2 Å². The molecule has 0 amide bonds. The summed E-state index contributed by atoms with van der Waals surface area (Å²) in [6.07, 6.45) is 0.216. The van der Waals surface area contributed by atoms with Gasteiger partial charge in [0.25, 0.3) is 0 Å². The lowest BCUT2D eigenvalue weighted by atomic mass is 10.3. The molecular weight excluding hydrogens is 234 g/mol. The number of ether oxygens (including phenoxy) is 1. The van der Waals surface area contributed by atoms with Gasteiger partial charge in [0.05, 0.1) is 23.7 Å². The molecule has 3 nitrogen and oxygen atoms in total. The summed E-state index contributed by atoms with van der Waals surface area (Å²) >= 11 is 7.31. The predicted molar refractivity (Wildman–Crippen MR) is 60.4 cm³/mol. The van der Waals surface area contributed by atoms with Gasteiger partial charge in [-0.05, 0) is 18.2 Å². The number of hydrogen-bond donors (Lipinski definition) is 0. The zero-order valence-electron chi connectivity index (χ0n) is 7.99. The molecule has 1 aromatic heterocycles. The predicted octanol–water partition coefficient (Wildman–Crippen LogP) is 2.67. The lowest BCUT2D eigenvalue weighted by Crippen LogP contribution is -2.03. The van der Waals surface area contributed by atoms with Gasteiger partial charge >= 0.3 is 5.97 Å². The summed E-state index contributed by atoms with van der Waals surface area (Å²) in [7, 11) is 1.37. The van der Waals surface area contributed by atoms with Crippen molar-refractivity contribution < 1.29 is 9.53 Å². The van der Waals surface area contributed by atoms with Crippen LogP contribution < -0.4 is 0 Å². The first kappa shape index (κ1) is 10.4. The van der Waals surface area contributed by atoms with E-state index in [4.69, 9.17) is 11.6 Å². The molecule has 0 bridgehead atoms. The van der Waals surface area contributed by atoms with Crippen molar-refractivity contribution >= 4 is 39.1 Å². The SMILES string of the molecule is COC(=O)Cc1nc2ccc(Cl)cc2s1. The highest BCUT2D eigenvalue weighted by Crippen LogP contribution is 2.25. The quantitative estimate of drug-likeness (QED) is 0.759. The van der Waals surface area contributed by atoms with Gasteiger partial charge in [-0.25, -0.2) is 4.98 Å². The van der Waals surface area contributed by atoms with Crippen LogP contribution in [0.2, 0.25) is 5.02 Å². The van der Waals surface area contributed by atoms with Gasteiger partial charge < -0.3 is 4.74 Å². The van der Waals surface area contributed by atoms with Gasteiger partial charge in [-0.1, -0.05) is 11.6 Å². The zero-order chi connectivity index (χ0) is 10.8. The van der Waals surface area contributed by atoms with Gasteiger partial charge in [0, 0.05) is 5.02 Å². The van der Waals surface area contributed by atoms with Crippen molar-refractivity contribution in [3.8, 4) is 0 Å². The van der Waals surface area contributed by atoms with Gasteiger partial charge in [-0.3, -0.25) is 4.79 Å². The molecular formula is C10H8ClNO2S. The third-order valence-corrected chi connectivity index (χ3v) is 3.17. The highest BCUT2D eigenvalue weighted by Gasteiger charge is 2.08. The second-order valence-corrected chi connectivity index (χ2v) is 4.52. The second-order valence-electron chi connectivity index (χ2n) is 2.97. The Morgan fingerprint density at radius 2 is 2.40 bits per heavy atom. The number of fused-ring (bicyclic) bond motifs is 1. The van der Waals surface area contributed by atoms with Crippen LogP contribution >= 0.6 is 22.9 Å². The standard InChI is InChI=1S/C10H8ClNO2S/c1-14-10(13)5-9-12-7-3-2-6(11)4-8(7)15-9/h2-4H,5H2,1H3. The number of benzene rings is 1. The van der Waals surface area contributed by atoms with E-state index in [-0.39, 0.29) is 12.4 Å². The van der Waals surface area contributed by atoms with E-state index in [0.29, 0.717) is 5.02 Å². The van der Waals surface area contributed by atoms with Gasteiger partial charge in [-0.15, -0.1) is 11.3 Å². The van der Waals surface area contributed by atoms with Crippen molar-refractivity contribution in [2.75, 3.05) is 7.11 Å². The highest BCUT2D eigenvalue weighted by molar-refractivity contribution is 7.18. The Morgan fingerprint density at radius 3 is 3.13 bits per heavy atom. The molecule has 0 N–H and O–H groups in total. The number of hydrogen-bond acceptors (Lipinski definition) is 4. The van der Waals surface area contributed by atoms with Crippen molar-refractivity contribution in [3.63, 3.8) is 0 Å². The average molecular weight is 242 g/mol. The summed E-state index contributed by atoms with van der Waals surface area (Å²) in [5.74, 6) is -0.278. The van der Waals surface area contributed by atoms with Crippen LogP contribution in [0.5, 0.6) is 0 Å². The van der Waals surface area contributed by atoms with Gasteiger partial charge in [0.2, 0.25) is 0 Å². The monoisotopic (exact) mass is 241 g/mol. The number of aromatic nitrogens is 1. The normalized spacial score (nSPS) is 10.5. The second kappa shape index (κ2) is 4.16. The van der Waals surface area contributed by atoms with Crippen molar-refractivity contribution in [1.29, 1.82) is 0 Å². The number of rotatable bonds is 2. The molecule has 0 saturated heterocycles. The van der Waals surface area contributed by atoms with E-state index in [1.165, 1.54) is 18.4 Å². The van der Waals surface area contributed by atoms with E-state index in [0.717, 1.165) is 15.2 Å². The topological polar surface area (TPSA) is 39.2 Å².